The predicted octanol–water partition coefficient (Wildman–Crippen LogP) is 3.37. The van der Waals surface area contributed by atoms with Crippen molar-refractivity contribution in [1.82, 2.24) is 13.7 Å². The molecule has 0 unspecified atom stereocenters. The van der Waals surface area contributed by atoms with E-state index in [2.05, 4.69) is 15.9 Å². The van der Waals surface area contributed by atoms with Crippen LogP contribution in [0.15, 0.2) is 68.8 Å². The molecular weight excluding hydrogens is 440 g/mol. The number of nitro benzene ring substituents is 1. The van der Waals surface area contributed by atoms with Crippen molar-refractivity contribution in [2.45, 2.75) is 0 Å². The molecule has 0 amide bonds. The first kappa shape index (κ1) is 18.9. The molecule has 9 heteroatoms. The van der Waals surface area contributed by atoms with E-state index in [1.807, 2.05) is 24.3 Å². The van der Waals surface area contributed by atoms with Crippen LogP contribution in [0.2, 0.25) is 0 Å². The molecule has 4 aromatic rings. The van der Waals surface area contributed by atoms with E-state index in [-0.39, 0.29) is 5.69 Å². The van der Waals surface area contributed by atoms with E-state index in [0.29, 0.717) is 22.3 Å². The van der Waals surface area contributed by atoms with Gasteiger partial charge in [-0.15, -0.1) is 0 Å². The molecule has 0 saturated heterocycles. The van der Waals surface area contributed by atoms with Crippen molar-refractivity contribution >= 4 is 32.5 Å². The van der Waals surface area contributed by atoms with Crippen LogP contribution in [0.1, 0.15) is 0 Å². The van der Waals surface area contributed by atoms with Crippen molar-refractivity contribution in [3.05, 3.63) is 90.2 Å². The van der Waals surface area contributed by atoms with E-state index in [1.165, 1.54) is 23.7 Å². The SMILES string of the molecule is Cn1c(=O)c2c(-c3ccccc3Br)n(-c3cccc([N+](=O)[O-])c3)cc2n(C)c1=O. The Morgan fingerprint density at radius 2 is 1.72 bits per heavy atom. The Labute approximate surface area is 172 Å². The van der Waals surface area contributed by atoms with E-state index in [0.717, 1.165) is 14.6 Å². The summed E-state index contributed by atoms with van der Waals surface area (Å²) in [6, 6.07) is 13.5. The van der Waals surface area contributed by atoms with Gasteiger partial charge in [-0.3, -0.25) is 24.0 Å². The molecule has 4 rings (SSSR count). The third-order valence-electron chi connectivity index (χ3n) is 4.89. The Hall–Kier alpha value is -3.46. The average molecular weight is 455 g/mol. The number of non-ortho nitro benzene ring substituents is 1. The molecule has 0 spiro atoms. The van der Waals surface area contributed by atoms with Gasteiger partial charge in [-0.05, 0) is 12.1 Å². The van der Waals surface area contributed by atoms with Crippen molar-refractivity contribution in [3.63, 3.8) is 0 Å². The molecule has 0 fully saturated rings. The van der Waals surface area contributed by atoms with Gasteiger partial charge in [0.1, 0.15) is 0 Å². The monoisotopic (exact) mass is 454 g/mol. The Morgan fingerprint density at radius 1 is 1.00 bits per heavy atom. The zero-order valence-electron chi connectivity index (χ0n) is 15.5. The molecule has 29 heavy (non-hydrogen) atoms. The van der Waals surface area contributed by atoms with Crippen molar-refractivity contribution in [2.75, 3.05) is 0 Å². The van der Waals surface area contributed by atoms with Crippen molar-refractivity contribution in [3.8, 4) is 16.9 Å². The van der Waals surface area contributed by atoms with E-state index in [4.69, 9.17) is 0 Å². The smallest absolute Gasteiger partial charge is 0.313 e. The summed E-state index contributed by atoms with van der Waals surface area (Å²) in [7, 11) is 3.02. The molecule has 2 aromatic heterocycles. The third kappa shape index (κ3) is 2.90. The minimum absolute atomic E-state index is 0.0693. The van der Waals surface area contributed by atoms with Crippen LogP contribution in [0.3, 0.4) is 0 Å². The van der Waals surface area contributed by atoms with Crippen molar-refractivity contribution in [1.29, 1.82) is 0 Å². The molecule has 0 aliphatic heterocycles. The summed E-state index contributed by atoms with van der Waals surface area (Å²) in [6.07, 6.45) is 1.66. The minimum atomic E-state index is -0.473. The molecule has 8 nitrogen and oxygen atoms in total. The highest BCUT2D eigenvalue weighted by atomic mass is 79.9. The normalized spacial score (nSPS) is 11.1. The fourth-order valence-corrected chi connectivity index (χ4v) is 3.89. The number of fused-ring (bicyclic) bond motifs is 1. The number of nitro groups is 1. The first-order valence-corrected chi connectivity index (χ1v) is 9.41. The standard InChI is InChI=1S/C20H15BrN4O4/c1-22-16-11-24(12-6-5-7-13(10-12)25(28)29)18(14-8-3-4-9-15(14)21)17(16)19(26)23(2)20(22)27/h3-11H,1-2H3. The number of hydrogen-bond donors (Lipinski definition) is 0. The van der Waals surface area contributed by atoms with Crippen LogP contribution in [0.25, 0.3) is 27.8 Å². The van der Waals surface area contributed by atoms with Gasteiger partial charge in [-0.2, -0.15) is 0 Å². The topological polar surface area (TPSA) is 92.1 Å². The molecule has 0 aliphatic rings. The maximum atomic E-state index is 13.0. The van der Waals surface area contributed by atoms with Crippen LogP contribution < -0.4 is 11.2 Å². The highest BCUT2D eigenvalue weighted by Crippen LogP contribution is 2.35. The number of hydrogen-bond acceptors (Lipinski definition) is 4. The van der Waals surface area contributed by atoms with Crippen LogP contribution in [0, 0.1) is 10.1 Å². The summed E-state index contributed by atoms with van der Waals surface area (Å²) < 4.78 is 4.91. The van der Waals surface area contributed by atoms with Gasteiger partial charge in [-0.25, -0.2) is 4.79 Å². The van der Waals surface area contributed by atoms with E-state index in [1.54, 1.807) is 29.9 Å². The lowest BCUT2D eigenvalue weighted by molar-refractivity contribution is -0.384. The van der Waals surface area contributed by atoms with Crippen LogP contribution in [0.5, 0.6) is 0 Å². The van der Waals surface area contributed by atoms with Gasteiger partial charge in [0.25, 0.3) is 11.2 Å². The lowest BCUT2D eigenvalue weighted by Gasteiger charge is -2.11. The number of nitrogens with zero attached hydrogens (tertiary/aromatic N) is 4. The fourth-order valence-electron chi connectivity index (χ4n) is 3.42. The molecule has 0 aliphatic carbocycles. The van der Waals surface area contributed by atoms with Gasteiger partial charge in [0, 0.05) is 42.5 Å². The molecule has 0 N–H and O–H groups in total. The van der Waals surface area contributed by atoms with E-state index >= 15 is 0 Å². The molecule has 146 valence electrons. The Balaban J connectivity index is 2.21. The number of benzene rings is 2. The van der Waals surface area contributed by atoms with Gasteiger partial charge in [0.15, 0.2) is 0 Å². The van der Waals surface area contributed by atoms with Crippen molar-refractivity contribution in [2.24, 2.45) is 14.1 Å². The summed E-state index contributed by atoms with van der Waals surface area (Å²) in [5.41, 5.74) is 1.27. The second-order valence-corrected chi connectivity index (χ2v) is 7.42. The van der Waals surface area contributed by atoms with Gasteiger partial charge in [-0.1, -0.05) is 40.2 Å². The minimum Gasteiger partial charge on any atom is -0.313 e. The molecule has 0 radical (unpaired) electrons. The summed E-state index contributed by atoms with van der Waals surface area (Å²) in [5, 5.41) is 11.6. The number of aromatic nitrogens is 3. The number of halogens is 1. The third-order valence-corrected chi connectivity index (χ3v) is 5.58. The number of rotatable bonds is 3. The Kier molecular flexibility index (Phi) is 4.46. The largest absolute Gasteiger partial charge is 0.330 e. The summed E-state index contributed by atoms with van der Waals surface area (Å²) in [6.45, 7) is 0. The summed E-state index contributed by atoms with van der Waals surface area (Å²) in [5.74, 6) is 0. The first-order valence-electron chi connectivity index (χ1n) is 8.62. The molecule has 0 saturated carbocycles. The van der Waals surface area contributed by atoms with Crippen LogP contribution in [0.4, 0.5) is 5.69 Å². The molecular formula is C20H15BrN4O4. The maximum absolute atomic E-state index is 13.0. The van der Waals surface area contributed by atoms with Gasteiger partial charge < -0.3 is 4.57 Å². The second kappa shape index (κ2) is 6.85. The van der Waals surface area contributed by atoms with Crippen LogP contribution >= 0.6 is 15.9 Å². The second-order valence-electron chi connectivity index (χ2n) is 6.57. The quantitative estimate of drug-likeness (QED) is 0.350. The Morgan fingerprint density at radius 3 is 2.41 bits per heavy atom. The number of aryl methyl sites for hydroxylation is 1. The lowest BCUT2D eigenvalue weighted by Crippen LogP contribution is -2.36. The molecule has 2 aromatic carbocycles. The average Bonchev–Trinajstić information content (AvgIpc) is 3.11. The van der Waals surface area contributed by atoms with Crippen LogP contribution in [-0.2, 0) is 14.1 Å². The zero-order valence-corrected chi connectivity index (χ0v) is 17.1. The van der Waals surface area contributed by atoms with Crippen molar-refractivity contribution < 1.29 is 4.92 Å². The zero-order chi connectivity index (χ0) is 20.9. The van der Waals surface area contributed by atoms with Gasteiger partial charge in [0.05, 0.1) is 27.2 Å². The molecule has 0 atom stereocenters. The molecule has 2 heterocycles. The van der Waals surface area contributed by atoms with Crippen LogP contribution in [-0.4, -0.2) is 18.6 Å². The highest BCUT2D eigenvalue weighted by Gasteiger charge is 2.22. The van der Waals surface area contributed by atoms with Gasteiger partial charge >= 0.3 is 5.69 Å². The van der Waals surface area contributed by atoms with E-state index in [9.17, 15) is 19.7 Å². The maximum Gasteiger partial charge on any atom is 0.330 e. The van der Waals surface area contributed by atoms with E-state index < -0.39 is 16.2 Å². The predicted molar refractivity (Wildman–Crippen MR) is 114 cm³/mol. The lowest BCUT2D eigenvalue weighted by atomic mass is 10.1. The highest BCUT2D eigenvalue weighted by molar-refractivity contribution is 9.10. The summed E-state index contributed by atoms with van der Waals surface area (Å²) >= 11 is 3.52. The summed E-state index contributed by atoms with van der Waals surface area (Å²) in [4.78, 5) is 36.2. The van der Waals surface area contributed by atoms with Gasteiger partial charge in [0.2, 0.25) is 0 Å². The first-order chi connectivity index (χ1) is 13.8. The fraction of sp³-hybridized carbons (Fsp3) is 0.100. The molecule has 0 bridgehead atoms. The Bertz CT molecular complexity index is 1410.